The van der Waals surface area contributed by atoms with Crippen LogP contribution in [0.4, 0.5) is 0 Å². The Bertz CT molecular complexity index is 62.3. The minimum Gasteiger partial charge on any atom is -0.306 e. The fourth-order valence-electron chi connectivity index (χ4n) is 1.13. The Morgan fingerprint density at radius 1 is 0.714 bits per heavy atom. The standard InChI is InChI=1S/C9H21N.2C2H6/c1-4-6-7-9-10(3)8-5-2;2*1-2/h4-9H2,1-3H3;2*1-2H3. The summed E-state index contributed by atoms with van der Waals surface area (Å²) in [5.74, 6) is 0. The van der Waals surface area contributed by atoms with Crippen molar-refractivity contribution in [1.29, 1.82) is 0 Å². The Labute approximate surface area is 92.9 Å². The molecule has 0 bridgehead atoms. The van der Waals surface area contributed by atoms with Gasteiger partial charge in [-0.05, 0) is 33.0 Å². The highest BCUT2D eigenvalue weighted by molar-refractivity contribution is 4.49. The molecular weight excluding hydrogens is 170 g/mol. The minimum atomic E-state index is 1.25. The summed E-state index contributed by atoms with van der Waals surface area (Å²) in [7, 11) is 2.21. The quantitative estimate of drug-likeness (QED) is 0.572. The number of nitrogens with zero attached hydrogens (tertiary/aromatic N) is 1. The van der Waals surface area contributed by atoms with Gasteiger partial charge in [-0.25, -0.2) is 0 Å². The summed E-state index contributed by atoms with van der Waals surface area (Å²) in [6.07, 6.45) is 5.36. The lowest BCUT2D eigenvalue weighted by Crippen LogP contribution is -2.20. The van der Waals surface area contributed by atoms with Crippen LogP contribution in [0, 0.1) is 0 Å². The van der Waals surface area contributed by atoms with Gasteiger partial charge in [0.15, 0.2) is 0 Å². The largest absolute Gasteiger partial charge is 0.306 e. The number of hydrogen-bond acceptors (Lipinski definition) is 1. The summed E-state index contributed by atoms with van der Waals surface area (Å²) in [4.78, 5) is 2.41. The third-order valence-electron chi connectivity index (χ3n) is 1.75. The highest BCUT2D eigenvalue weighted by Crippen LogP contribution is 1.96. The van der Waals surface area contributed by atoms with E-state index in [2.05, 4.69) is 25.8 Å². The average molecular weight is 203 g/mol. The molecule has 0 spiro atoms. The van der Waals surface area contributed by atoms with Crippen molar-refractivity contribution in [3.63, 3.8) is 0 Å². The molecule has 0 aliphatic rings. The van der Waals surface area contributed by atoms with Gasteiger partial charge in [-0.2, -0.15) is 0 Å². The van der Waals surface area contributed by atoms with Gasteiger partial charge in [0, 0.05) is 0 Å². The summed E-state index contributed by atoms with van der Waals surface area (Å²) < 4.78 is 0. The summed E-state index contributed by atoms with van der Waals surface area (Å²) in [6, 6.07) is 0. The Balaban J connectivity index is -0.000000266. The summed E-state index contributed by atoms with van der Waals surface area (Å²) >= 11 is 0. The van der Waals surface area contributed by atoms with E-state index in [0.29, 0.717) is 0 Å². The van der Waals surface area contributed by atoms with Gasteiger partial charge in [0.05, 0.1) is 0 Å². The second-order valence-corrected chi connectivity index (χ2v) is 3.01. The normalized spacial score (nSPS) is 8.57. The first-order valence-corrected chi connectivity index (χ1v) is 6.49. The van der Waals surface area contributed by atoms with Gasteiger partial charge in [-0.15, -0.1) is 0 Å². The molecule has 0 unspecified atom stereocenters. The Morgan fingerprint density at radius 3 is 1.57 bits per heavy atom. The molecule has 0 aromatic carbocycles. The third kappa shape index (κ3) is 22.7. The van der Waals surface area contributed by atoms with Crippen LogP contribution in [0.5, 0.6) is 0 Å². The molecule has 0 fully saturated rings. The third-order valence-corrected chi connectivity index (χ3v) is 1.75. The van der Waals surface area contributed by atoms with Crippen molar-refractivity contribution in [3.05, 3.63) is 0 Å². The molecule has 0 saturated heterocycles. The van der Waals surface area contributed by atoms with Crippen LogP contribution >= 0.6 is 0 Å². The zero-order valence-electron chi connectivity index (χ0n) is 11.7. The molecule has 0 aromatic heterocycles. The highest BCUT2D eigenvalue weighted by atomic mass is 15.1. The zero-order chi connectivity index (χ0) is 11.8. The van der Waals surface area contributed by atoms with E-state index in [9.17, 15) is 0 Å². The van der Waals surface area contributed by atoms with Gasteiger partial charge >= 0.3 is 0 Å². The maximum Gasteiger partial charge on any atom is -0.00218 e. The molecule has 0 N–H and O–H groups in total. The van der Waals surface area contributed by atoms with E-state index in [1.807, 2.05) is 27.7 Å². The number of hydrogen-bond donors (Lipinski definition) is 0. The lowest BCUT2D eigenvalue weighted by molar-refractivity contribution is 0.326. The van der Waals surface area contributed by atoms with Crippen LogP contribution in [0.3, 0.4) is 0 Å². The Kier molecular flexibility index (Phi) is 32.2. The van der Waals surface area contributed by atoms with Crippen LogP contribution in [-0.2, 0) is 0 Å². The van der Waals surface area contributed by atoms with Crippen LogP contribution in [0.2, 0.25) is 0 Å². The van der Waals surface area contributed by atoms with Crippen molar-refractivity contribution in [2.75, 3.05) is 20.1 Å². The maximum atomic E-state index is 2.41. The second kappa shape index (κ2) is 23.1. The molecule has 0 amide bonds. The zero-order valence-corrected chi connectivity index (χ0v) is 11.7. The number of unbranched alkanes of at least 4 members (excludes halogenated alkanes) is 2. The van der Waals surface area contributed by atoms with Gasteiger partial charge in [0.2, 0.25) is 0 Å². The highest BCUT2D eigenvalue weighted by Gasteiger charge is 1.93. The fourth-order valence-corrected chi connectivity index (χ4v) is 1.13. The summed E-state index contributed by atoms with van der Waals surface area (Å²) in [5.41, 5.74) is 0. The SMILES string of the molecule is CC.CC.CCCCCN(C)CCC. The smallest absolute Gasteiger partial charge is 0.00218 e. The van der Waals surface area contributed by atoms with E-state index < -0.39 is 0 Å². The van der Waals surface area contributed by atoms with Gasteiger partial charge in [-0.1, -0.05) is 54.4 Å². The van der Waals surface area contributed by atoms with Gasteiger partial charge in [-0.3, -0.25) is 0 Å². The molecule has 1 nitrogen and oxygen atoms in total. The molecule has 0 radical (unpaired) electrons. The van der Waals surface area contributed by atoms with Crippen molar-refractivity contribution in [2.24, 2.45) is 0 Å². The molecule has 1 heteroatoms. The van der Waals surface area contributed by atoms with Crippen molar-refractivity contribution >= 4 is 0 Å². The van der Waals surface area contributed by atoms with Crippen LogP contribution in [-0.4, -0.2) is 25.0 Å². The van der Waals surface area contributed by atoms with Crippen LogP contribution in [0.15, 0.2) is 0 Å². The van der Waals surface area contributed by atoms with Crippen molar-refractivity contribution in [2.45, 2.75) is 67.2 Å². The molecule has 90 valence electrons. The Morgan fingerprint density at radius 2 is 1.21 bits per heavy atom. The topological polar surface area (TPSA) is 3.24 Å². The first kappa shape index (κ1) is 19.5. The molecule has 0 rings (SSSR count). The molecule has 14 heavy (non-hydrogen) atoms. The molecular formula is C13H33N. The maximum absolute atomic E-state index is 2.41. The van der Waals surface area contributed by atoms with Crippen molar-refractivity contribution in [1.82, 2.24) is 4.90 Å². The summed E-state index contributed by atoms with van der Waals surface area (Å²) in [6.45, 7) is 15.0. The van der Waals surface area contributed by atoms with Crippen LogP contribution in [0.1, 0.15) is 67.2 Å². The first-order chi connectivity index (χ1) is 6.81. The predicted molar refractivity (Wildman–Crippen MR) is 70.0 cm³/mol. The second-order valence-electron chi connectivity index (χ2n) is 3.01. The van der Waals surface area contributed by atoms with E-state index in [0.717, 1.165) is 0 Å². The monoisotopic (exact) mass is 203 g/mol. The molecule has 0 aliphatic carbocycles. The molecule has 0 saturated carbocycles. The lowest BCUT2D eigenvalue weighted by atomic mass is 10.2. The average Bonchev–Trinajstić information content (AvgIpc) is 2.25. The predicted octanol–water partition coefficient (Wildman–Crippen LogP) is 4.57. The van der Waals surface area contributed by atoms with Crippen molar-refractivity contribution < 1.29 is 0 Å². The fraction of sp³-hybridized carbons (Fsp3) is 1.00. The van der Waals surface area contributed by atoms with Gasteiger partial charge < -0.3 is 4.90 Å². The van der Waals surface area contributed by atoms with E-state index in [-0.39, 0.29) is 0 Å². The van der Waals surface area contributed by atoms with Gasteiger partial charge in [0.25, 0.3) is 0 Å². The minimum absolute atomic E-state index is 1.25. The molecule has 0 aromatic rings. The number of rotatable bonds is 6. The van der Waals surface area contributed by atoms with Gasteiger partial charge in [0.1, 0.15) is 0 Å². The van der Waals surface area contributed by atoms with Crippen LogP contribution in [0.25, 0.3) is 0 Å². The summed E-state index contributed by atoms with van der Waals surface area (Å²) in [5, 5.41) is 0. The van der Waals surface area contributed by atoms with E-state index in [4.69, 9.17) is 0 Å². The van der Waals surface area contributed by atoms with E-state index in [1.165, 1.54) is 38.8 Å². The first-order valence-electron chi connectivity index (χ1n) is 6.49. The van der Waals surface area contributed by atoms with Crippen molar-refractivity contribution in [3.8, 4) is 0 Å². The molecule has 0 heterocycles. The van der Waals surface area contributed by atoms with E-state index >= 15 is 0 Å². The van der Waals surface area contributed by atoms with Crippen LogP contribution < -0.4 is 0 Å². The molecule has 0 aliphatic heterocycles. The molecule has 0 atom stereocenters. The Hall–Kier alpha value is -0.0400. The lowest BCUT2D eigenvalue weighted by Gasteiger charge is -2.14. The van der Waals surface area contributed by atoms with E-state index in [1.54, 1.807) is 0 Å².